The normalized spacial score (nSPS) is 17.9. The molecule has 1 heterocycles. The molecule has 0 saturated carbocycles. The summed E-state index contributed by atoms with van der Waals surface area (Å²) >= 11 is 0. The van der Waals surface area contributed by atoms with Crippen LogP contribution >= 0.6 is 7.92 Å². The number of amides is 1. The van der Waals surface area contributed by atoms with Gasteiger partial charge in [-0.3, -0.25) is 4.79 Å². The number of likely N-dealkylation sites (tertiary alicyclic amines) is 1. The van der Waals surface area contributed by atoms with E-state index in [0.717, 1.165) is 15.5 Å². The first-order valence-electron chi connectivity index (χ1n) is 8.22. The van der Waals surface area contributed by atoms with Crippen LogP contribution in [-0.4, -0.2) is 35.7 Å². The van der Waals surface area contributed by atoms with E-state index < -0.39 is 20.0 Å². The van der Waals surface area contributed by atoms with Crippen LogP contribution in [0.4, 0.5) is 13.2 Å². The van der Waals surface area contributed by atoms with Crippen molar-refractivity contribution in [3.63, 3.8) is 0 Å². The molecule has 0 aromatic heterocycles. The number of carbonyl (C=O) groups excluding carboxylic acids is 1. The van der Waals surface area contributed by atoms with Crippen LogP contribution in [0.3, 0.4) is 0 Å². The third kappa shape index (κ3) is 4.21. The van der Waals surface area contributed by atoms with Crippen LogP contribution in [0.25, 0.3) is 0 Å². The SMILES string of the molecule is O=C(N1CCC[C@H]1CP(c1ccccc1)c1ccccc1)C(F)(F)F. The summed E-state index contributed by atoms with van der Waals surface area (Å²) in [7, 11) is -0.810. The lowest BCUT2D eigenvalue weighted by atomic mass is 10.2. The largest absolute Gasteiger partial charge is 0.471 e. The fraction of sp³-hybridized carbons (Fsp3) is 0.316. The molecule has 1 aliphatic rings. The van der Waals surface area contributed by atoms with Gasteiger partial charge in [-0.25, -0.2) is 0 Å². The predicted molar refractivity (Wildman–Crippen MR) is 94.7 cm³/mol. The number of alkyl halides is 3. The molecule has 0 radical (unpaired) electrons. The summed E-state index contributed by atoms with van der Waals surface area (Å²) in [5.41, 5.74) is 0. The maximum atomic E-state index is 12.9. The molecule has 0 aliphatic carbocycles. The van der Waals surface area contributed by atoms with E-state index >= 15 is 0 Å². The van der Waals surface area contributed by atoms with Crippen LogP contribution in [0.2, 0.25) is 0 Å². The molecule has 0 N–H and O–H groups in total. The van der Waals surface area contributed by atoms with Gasteiger partial charge in [-0.2, -0.15) is 13.2 Å². The van der Waals surface area contributed by atoms with Crippen molar-refractivity contribution in [3.05, 3.63) is 60.7 Å². The number of rotatable bonds is 4. The number of benzene rings is 2. The first kappa shape index (κ1) is 17.9. The standard InChI is InChI=1S/C19H19F3NOP/c20-19(21,22)18(24)23-13-7-8-15(23)14-25(16-9-3-1-4-10-16)17-11-5-2-6-12-17/h1-6,9-12,15H,7-8,13-14H2/t15-/m0/s1. The molecule has 2 aromatic rings. The lowest BCUT2D eigenvalue weighted by molar-refractivity contribution is -0.185. The van der Waals surface area contributed by atoms with E-state index in [2.05, 4.69) is 0 Å². The highest BCUT2D eigenvalue weighted by Gasteiger charge is 2.46. The molecule has 2 nitrogen and oxygen atoms in total. The first-order valence-corrected chi connectivity index (χ1v) is 9.75. The third-order valence-electron chi connectivity index (χ3n) is 4.41. The van der Waals surface area contributed by atoms with Gasteiger partial charge in [0, 0.05) is 12.6 Å². The van der Waals surface area contributed by atoms with Gasteiger partial charge in [-0.1, -0.05) is 60.7 Å². The first-order chi connectivity index (χ1) is 12.0. The molecule has 1 aliphatic heterocycles. The number of nitrogens with zero attached hydrogens (tertiary/aromatic N) is 1. The van der Waals surface area contributed by atoms with Crippen molar-refractivity contribution in [3.8, 4) is 0 Å². The Kier molecular flexibility index (Phi) is 5.43. The minimum Gasteiger partial charge on any atom is -0.332 e. The third-order valence-corrected chi connectivity index (χ3v) is 7.04. The zero-order valence-electron chi connectivity index (χ0n) is 13.6. The van der Waals surface area contributed by atoms with Crippen molar-refractivity contribution in [2.75, 3.05) is 12.7 Å². The van der Waals surface area contributed by atoms with E-state index in [1.807, 2.05) is 60.7 Å². The maximum Gasteiger partial charge on any atom is 0.471 e. The van der Waals surface area contributed by atoms with Crippen LogP contribution in [0.5, 0.6) is 0 Å². The summed E-state index contributed by atoms with van der Waals surface area (Å²) in [5.74, 6) is -1.70. The van der Waals surface area contributed by atoms with Gasteiger partial charge in [0.15, 0.2) is 0 Å². The fourth-order valence-corrected chi connectivity index (χ4v) is 5.83. The van der Waals surface area contributed by atoms with E-state index in [1.165, 1.54) is 0 Å². The summed E-state index contributed by atoms with van der Waals surface area (Å²) in [6.07, 6.45) is -2.99. The number of hydrogen-bond donors (Lipinski definition) is 0. The Balaban J connectivity index is 1.87. The van der Waals surface area contributed by atoms with Gasteiger partial charge in [0.25, 0.3) is 0 Å². The molecular weight excluding hydrogens is 346 g/mol. The average Bonchev–Trinajstić information content (AvgIpc) is 3.07. The van der Waals surface area contributed by atoms with Crippen molar-refractivity contribution < 1.29 is 18.0 Å². The molecule has 0 unspecified atom stereocenters. The second kappa shape index (κ2) is 7.57. The van der Waals surface area contributed by atoms with Gasteiger partial charge in [-0.15, -0.1) is 0 Å². The minimum absolute atomic E-state index is 0.190. The molecular formula is C19H19F3NOP. The van der Waals surface area contributed by atoms with E-state index in [-0.39, 0.29) is 12.6 Å². The number of carbonyl (C=O) groups is 1. The highest BCUT2D eigenvalue weighted by atomic mass is 31.1. The molecule has 1 fully saturated rings. The smallest absolute Gasteiger partial charge is 0.332 e. The summed E-state index contributed by atoms with van der Waals surface area (Å²) in [5, 5.41) is 2.24. The fourth-order valence-electron chi connectivity index (χ4n) is 3.24. The second-order valence-electron chi connectivity index (χ2n) is 6.07. The number of halogens is 3. The average molecular weight is 365 g/mol. The summed E-state index contributed by atoms with van der Waals surface area (Å²) in [6, 6.07) is 19.3. The van der Waals surface area contributed by atoms with Gasteiger partial charge < -0.3 is 4.90 Å². The van der Waals surface area contributed by atoms with E-state index in [4.69, 9.17) is 0 Å². The van der Waals surface area contributed by atoms with Gasteiger partial charge >= 0.3 is 12.1 Å². The minimum atomic E-state index is -4.80. The summed E-state index contributed by atoms with van der Waals surface area (Å²) in [4.78, 5) is 12.8. The van der Waals surface area contributed by atoms with Gasteiger partial charge in [-0.05, 0) is 37.5 Å². The molecule has 2 aromatic carbocycles. The van der Waals surface area contributed by atoms with Crippen molar-refractivity contribution >= 4 is 24.4 Å². The molecule has 0 spiro atoms. The summed E-state index contributed by atoms with van der Waals surface area (Å²) in [6.45, 7) is 0.190. The topological polar surface area (TPSA) is 20.3 Å². The van der Waals surface area contributed by atoms with E-state index in [9.17, 15) is 18.0 Å². The monoisotopic (exact) mass is 365 g/mol. The van der Waals surface area contributed by atoms with Crippen LogP contribution < -0.4 is 10.6 Å². The molecule has 132 valence electrons. The summed E-state index contributed by atoms with van der Waals surface area (Å²) < 4.78 is 38.6. The molecule has 0 bridgehead atoms. The quantitative estimate of drug-likeness (QED) is 0.757. The van der Waals surface area contributed by atoms with Crippen LogP contribution in [0.1, 0.15) is 12.8 Å². The van der Waals surface area contributed by atoms with Crippen molar-refractivity contribution in [2.45, 2.75) is 25.1 Å². The molecule has 1 saturated heterocycles. The maximum absolute atomic E-state index is 12.9. The Morgan fingerprint density at radius 3 is 2.00 bits per heavy atom. The van der Waals surface area contributed by atoms with Gasteiger partial charge in [0.05, 0.1) is 0 Å². The van der Waals surface area contributed by atoms with E-state index in [0.29, 0.717) is 19.0 Å². The Labute approximate surface area is 146 Å². The van der Waals surface area contributed by atoms with Crippen LogP contribution in [0.15, 0.2) is 60.7 Å². The Bertz CT molecular complexity index is 666. The van der Waals surface area contributed by atoms with Crippen molar-refractivity contribution in [1.82, 2.24) is 4.90 Å². The molecule has 1 amide bonds. The Morgan fingerprint density at radius 1 is 1.00 bits per heavy atom. The lowest BCUT2D eigenvalue weighted by Crippen LogP contribution is -2.45. The van der Waals surface area contributed by atoms with Crippen molar-refractivity contribution in [1.29, 1.82) is 0 Å². The lowest BCUT2D eigenvalue weighted by Gasteiger charge is -2.29. The van der Waals surface area contributed by atoms with Gasteiger partial charge in [0.2, 0.25) is 0 Å². The van der Waals surface area contributed by atoms with Crippen molar-refractivity contribution in [2.24, 2.45) is 0 Å². The zero-order chi connectivity index (χ0) is 17.9. The molecule has 6 heteroatoms. The Morgan fingerprint density at radius 2 is 1.52 bits per heavy atom. The predicted octanol–water partition coefficient (Wildman–Crippen LogP) is 3.67. The molecule has 1 atom stereocenters. The van der Waals surface area contributed by atoms with Crippen LogP contribution in [0, 0.1) is 0 Å². The zero-order valence-corrected chi connectivity index (χ0v) is 14.5. The number of hydrogen-bond acceptors (Lipinski definition) is 1. The van der Waals surface area contributed by atoms with Crippen LogP contribution in [-0.2, 0) is 4.79 Å². The second-order valence-corrected chi connectivity index (χ2v) is 8.33. The highest BCUT2D eigenvalue weighted by molar-refractivity contribution is 7.73. The molecule has 25 heavy (non-hydrogen) atoms. The molecule has 3 rings (SSSR count). The van der Waals surface area contributed by atoms with Gasteiger partial charge in [0.1, 0.15) is 0 Å². The Hall–Kier alpha value is -1.87. The van der Waals surface area contributed by atoms with E-state index in [1.54, 1.807) is 0 Å². The highest BCUT2D eigenvalue weighted by Crippen LogP contribution is 2.38.